The molecule has 188 valence electrons. The van der Waals surface area contributed by atoms with Gasteiger partial charge in [-0.15, -0.1) is 0 Å². The minimum Gasteiger partial charge on any atom is -0.434 e. The number of aliphatic hydroxyl groups is 1. The zero-order valence-corrected chi connectivity index (χ0v) is 19.7. The summed E-state index contributed by atoms with van der Waals surface area (Å²) in [4.78, 5) is 26.6. The van der Waals surface area contributed by atoms with E-state index in [1.165, 1.54) is 17.0 Å². The minimum absolute atomic E-state index is 0.00162. The van der Waals surface area contributed by atoms with E-state index in [1.807, 2.05) is 31.2 Å². The van der Waals surface area contributed by atoms with Crippen LogP contribution in [0.2, 0.25) is 0 Å². The first-order valence-electron chi connectivity index (χ1n) is 12.0. The molecule has 1 unspecified atom stereocenters. The number of amides is 2. The maximum Gasteiger partial charge on any atom is 0.410 e. The van der Waals surface area contributed by atoms with Crippen LogP contribution in [0.25, 0.3) is 0 Å². The summed E-state index contributed by atoms with van der Waals surface area (Å²) < 4.78 is 32.9. The van der Waals surface area contributed by atoms with Crippen molar-refractivity contribution in [1.82, 2.24) is 15.5 Å². The third kappa shape index (κ3) is 6.15. The van der Waals surface area contributed by atoms with E-state index in [4.69, 9.17) is 4.74 Å². The third-order valence-electron chi connectivity index (χ3n) is 6.60. The van der Waals surface area contributed by atoms with Crippen LogP contribution >= 0.6 is 0 Å². The molecule has 0 aliphatic carbocycles. The molecule has 0 radical (unpaired) electrons. The Morgan fingerprint density at radius 2 is 1.94 bits per heavy atom. The predicted molar refractivity (Wildman–Crippen MR) is 126 cm³/mol. The van der Waals surface area contributed by atoms with Crippen LogP contribution < -0.4 is 10.6 Å². The van der Waals surface area contributed by atoms with E-state index in [2.05, 4.69) is 10.6 Å². The highest BCUT2D eigenvalue weighted by Gasteiger charge is 2.38. The van der Waals surface area contributed by atoms with Gasteiger partial charge in [0.15, 0.2) is 6.10 Å². The lowest BCUT2D eigenvalue weighted by Crippen LogP contribution is -2.57. The van der Waals surface area contributed by atoms with Crippen LogP contribution in [-0.4, -0.2) is 59.4 Å². The summed E-state index contributed by atoms with van der Waals surface area (Å²) in [6, 6.07) is 9.77. The molecule has 0 bridgehead atoms. The summed E-state index contributed by atoms with van der Waals surface area (Å²) in [7, 11) is 0. The second-order valence-corrected chi connectivity index (χ2v) is 9.22. The Balaban J connectivity index is 1.50. The summed E-state index contributed by atoms with van der Waals surface area (Å²) in [6.45, 7) is 3.18. The zero-order valence-electron chi connectivity index (χ0n) is 19.7. The highest BCUT2D eigenvalue weighted by atomic mass is 19.1. The SMILES string of the molecule is CCCCN1CC(C(=O)N[C@@H](Cc2cc(F)cc(F)c2)[C@H](O)[C@H]2Cc3ccccc3CN2)OC1=O. The molecule has 2 aromatic carbocycles. The molecular weight excluding hydrogens is 456 g/mol. The smallest absolute Gasteiger partial charge is 0.410 e. The van der Waals surface area contributed by atoms with Gasteiger partial charge in [0.1, 0.15) is 11.6 Å². The van der Waals surface area contributed by atoms with Gasteiger partial charge in [0, 0.05) is 25.2 Å². The van der Waals surface area contributed by atoms with Gasteiger partial charge in [-0.2, -0.15) is 0 Å². The van der Waals surface area contributed by atoms with Crippen molar-refractivity contribution < 1.29 is 28.2 Å². The van der Waals surface area contributed by atoms with Crippen LogP contribution in [0.15, 0.2) is 42.5 Å². The van der Waals surface area contributed by atoms with Crippen LogP contribution in [0.1, 0.15) is 36.5 Å². The summed E-state index contributed by atoms with van der Waals surface area (Å²) in [6.07, 6.45) is -0.397. The predicted octanol–water partition coefficient (Wildman–Crippen LogP) is 2.69. The number of carbonyl (C=O) groups is 2. The van der Waals surface area contributed by atoms with Gasteiger partial charge in [-0.05, 0) is 48.1 Å². The van der Waals surface area contributed by atoms with Crippen molar-refractivity contribution in [1.29, 1.82) is 0 Å². The quantitative estimate of drug-likeness (QED) is 0.506. The van der Waals surface area contributed by atoms with E-state index >= 15 is 0 Å². The maximum atomic E-state index is 13.8. The van der Waals surface area contributed by atoms with Crippen molar-refractivity contribution in [2.45, 2.75) is 63.4 Å². The molecule has 4 atom stereocenters. The topological polar surface area (TPSA) is 90.9 Å². The van der Waals surface area contributed by atoms with Crippen molar-refractivity contribution in [3.05, 3.63) is 70.8 Å². The van der Waals surface area contributed by atoms with Crippen LogP contribution in [0.5, 0.6) is 0 Å². The Bertz CT molecular complexity index is 1050. The number of fused-ring (bicyclic) bond motifs is 1. The molecule has 7 nitrogen and oxygen atoms in total. The van der Waals surface area contributed by atoms with Gasteiger partial charge in [0.05, 0.1) is 18.7 Å². The number of unbranched alkanes of at least 4 members (excludes halogenated alkanes) is 1. The van der Waals surface area contributed by atoms with Gasteiger partial charge in [0.2, 0.25) is 0 Å². The molecule has 0 spiro atoms. The van der Waals surface area contributed by atoms with Gasteiger partial charge in [-0.1, -0.05) is 37.6 Å². The fourth-order valence-corrected chi connectivity index (χ4v) is 4.69. The normalized spacial score (nSPS) is 21.3. The Labute approximate surface area is 203 Å². The first-order chi connectivity index (χ1) is 16.8. The average Bonchev–Trinajstić information content (AvgIpc) is 3.21. The Hall–Kier alpha value is -3.04. The number of nitrogens with one attached hydrogen (secondary N) is 2. The fourth-order valence-electron chi connectivity index (χ4n) is 4.69. The standard InChI is InChI=1S/C26H31F2N3O4/c1-2-3-8-31-15-23(35-26(31)34)25(33)30-22(11-16-9-19(27)13-20(28)10-16)24(32)21-12-17-6-4-5-7-18(17)14-29-21/h4-7,9-10,13,21-24,29,32H,2-3,8,11-12,14-15H2,1H3,(H,30,33)/t21-,22+,23?,24-/m1/s1. The Morgan fingerprint density at radius 3 is 2.66 bits per heavy atom. The largest absolute Gasteiger partial charge is 0.434 e. The lowest BCUT2D eigenvalue weighted by molar-refractivity contribution is -0.129. The number of halogens is 2. The molecule has 2 amide bonds. The second kappa shape index (κ2) is 11.1. The first kappa shape index (κ1) is 25.1. The average molecular weight is 488 g/mol. The van der Waals surface area contributed by atoms with Gasteiger partial charge in [-0.3, -0.25) is 4.79 Å². The fraction of sp³-hybridized carbons (Fsp3) is 0.462. The van der Waals surface area contributed by atoms with E-state index in [1.54, 1.807) is 0 Å². The van der Waals surface area contributed by atoms with Crippen molar-refractivity contribution in [2.24, 2.45) is 0 Å². The molecule has 1 fully saturated rings. The number of nitrogens with zero attached hydrogens (tertiary/aromatic N) is 1. The van der Waals surface area contributed by atoms with E-state index in [-0.39, 0.29) is 19.0 Å². The minimum atomic E-state index is -1.06. The molecule has 1 saturated heterocycles. The highest BCUT2D eigenvalue weighted by molar-refractivity contribution is 5.86. The van der Waals surface area contributed by atoms with E-state index in [0.29, 0.717) is 25.1 Å². The van der Waals surface area contributed by atoms with E-state index in [0.717, 1.165) is 30.0 Å². The molecule has 2 heterocycles. The highest BCUT2D eigenvalue weighted by Crippen LogP contribution is 2.21. The van der Waals surface area contributed by atoms with Crippen LogP contribution in [0.4, 0.5) is 13.6 Å². The van der Waals surface area contributed by atoms with Crippen molar-refractivity contribution >= 4 is 12.0 Å². The summed E-state index contributed by atoms with van der Waals surface area (Å²) in [5, 5.41) is 17.4. The van der Waals surface area contributed by atoms with Crippen molar-refractivity contribution in [3.63, 3.8) is 0 Å². The van der Waals surface area contributed by atoms with E-state index in [9.17, 15) is 23.5 Å². The Morgan fingerprint density at radius 1 is 1.23 bits per heavy atom. The summed E-state index contributed by atoms with van der Waals surface area (Å²) >= 11 is 0. The third-order valence-corrected chi connectivity index (χ3v) is 6.60. The molecule has 3 N–H and O–H groups in total. The molecule has 0 saturated carbocycles. The van der Waals surface area contributed by atoms with Crippen LogP contribution in [0, 0.1) is 11.6 Å². The lowest BCUT2D eigenvalue weighted by atomic mass is 9.88. The number of rotatable bonds is 9. The second-order valence-electron chi connectivity index (χ2n) is 9.22. The number of ether oxygens (including phenoxy) is 1. The molecule has 2 aromatic rings. The summed E-state index contributed by atoms with van der Waals surface area (Å²) in [5.41, 5.74) is 2.53. The molecule has 35 heavy (non-hydrogen) atoms. The number of aliphatic hydroxyl groups excluding tert-OH is 1. The Kier molecular flexibility index (Phi) is 7.97. The summed E-state index contributed by atoms with van der Waals surface area (Å²) in [5.74, 6) is -2.02. The van der Waals surface area contributed by atoms with Gasteiger partial charge < -0.3 is 25.4 Å². The first-order valence-corrected chi connectivity index (χ1v) is 12.0. The van der Waals surface area contributed by atoms with Gasteiger partial charge in [-0.25, -0.2) is 13.6 Å². The zero-order chi connectivity index (χ0) is 24.9. The number of hydrogen-bond donors (Lipinski definition) is 3. The lowest BCUT2D eigenvalue weighted by Gasteiger charge is -2.35. The number of hydrogen-bond acceptors (Lipinski definition) is 5. The number of carbonyl (C=O) groups excluding carboxylic acids is 2. The van der Waals surface area contributed by atoms with Crippen LogP contribution in [-0.2, 0) is 28.9 Å². The van der Waals surface area contributed by atoms with Gasteiger partial charge >= 0.3 is 6.09 Å². The molecule has 0 aromatic heterocycles. The molecule has 2 aliphatic heterocycles. The molecule has 2 aliphatic rings. The van der Waals surface area contributed by atoms with Crippen molar-refractivity contribution in [3.8, 4) is 0 Å². The number of cyclic esters (lactones) is 1. The molecule has 4 rings (SSSR count). The number of benzene rings is 2. The molecule has 9 heteroatoms. The van der Waals surface area contributed by atoms with Gasteiger partial charge in [0.25, 0.3) is 5.91 Å². The maximum absolute atomic E-state index is 13.8. The van der Waals surface area contributed by atoms with E-state index < -0.39 is 41.9 Å². The monoisotopic (exact) mass is 487 g/mol. The van der Waals surface area contributed by atoms with Crippen LogP contribution in [0.3, 0.4) is 0 Å². The van der Waals surface area contributed by atoms with Crippen molar-refractivity contribution in [2.75, 3.05) is 13.1 Å². The molecular formula is C26H31F2N3O4.